The largest absolute Gasteiger partial charge is 0.495 e. The summed E-state index contributed by atoms with van der Waals surface area (Å²) in [5.41, 5.74) is 4.60. The van der Waals surface area contributed by atoms with E-state index in [4.69, 9.17) is 25.8 Å². The van der Waals surface area contributed by atoms with Gasteiger partial charge in [-0.05, 0) is 81.7 Å². The molecule has 5 aromatic rings. The van der Waals surface area contributed by atoms with E-state index in [2.05, 4.69) is 35.2 Å². The molecule has 0 spiro atoms. The van der Waals surface area contributed by atoms with Crippen LogP contribution in [0.2, 0.25) is 5.15 Å². The normalized spacial score (nSPS) is 16.9. The minimum atomic E-state index is -4.50. The molecule has 0 saturated carbocycles. The van der Waals surface area contributed by atoms with E-state index in [-0.39, 0.29) is 35.2 Å². The summed E-state index contributed by atoms with van der Waals surface area (Å²) in [6.07, 6.45) is 2.25. The molecule has 7 rings (SSSR count). The lowest BCUT2D eigenvalue weighted by atomic mass is 9.86. The number of esters is 2. The Kier molecular flexibility index (Phi) is 10.1. The van der Waals surface area contributed by atoms with Crippen LogP contribution in [0.1, 0.15) is 54.8 Å². The van der Waals surface area contributed by atoms with Gasteiger partial charge in [0.25, 0.3) is 0 Å². The van der Waals surface area contributed by atoms with Crippen molar-refractivity contribution in [2.75, 3.05) is 25.6 Å². The Morgan fingerprint density at radius 3 is 2.00 bits per heavy atom. The van der Waals surface area contributed by atoms with E-state index in [0.717, 1.165) is 58.5 Å². The highest BCUT2D eigenvalue weighted by Crippen LogP contribution is 2.39. The minimum absolute atomic E-state index is 0.0947. The van der Waals surface area contributed by atoms with Crippen LogP contribution in [0.3, 0.4) is 0 Å². The van der Waals surface area contributed by atoms with Gasteiger partial charge in [0.05, 0.1) is 54.2 Å². The van der Waals surface area contributed by atoms with E-state index in [1.807, 2.05) is 6.92 Å². The van der Waals surface area contributed by atoms with Gasteiger partial charge in [0, 0.05) is 11.4 Å². The molecule has 0 aliphatic heterocycles. The number of fused-ring (bicyclic) bond motifs is 6. The molecule has 0 radical (unpaired) electrons. The zero-order chi connectivity index (χ0) is 35.6. The number of aryl methyl sites for hydroxylation is 2. The van der Waals surface area contributed by atoms with Gasteiger partial charge in [0.2, 0.25) is 0 Å². The number of ether oxygens (including phenoxy) is 3. The molecule has 1 aromatic carbocycles. The number of aromatic amines is 2. The number of nitrogens with one attached hydrogen (secondary N) is 3. The Balaban J connectivity index is 0.000000194. The van der Waals surface area contributed by atoms with Gasteiger partial charge in [-0.2, -0.15) is 13.2 Å². The average Bonchev–Trinajstić information content (AvgIpc) is 3.67. The Bertz CT molecular complexity index is 2050. The van der Waals surface area contributed by atoms with E-state index in [1.165, 1.54) is 25.8 Å². The molecule has 2 atom stereocenters. The number of alkyl halides is 3. The van der Waals surface area contributed by atoms with Gasteiger partial charge in [-0.25, -0.2) is 19.9 Å². The van der Waals surface area contributed by atoms with Crippen molar-refractivity contribution >= 4 is 57.1 Å². The lowest BCUT2D eigenvalue weighted by molar-refractivity contribution is -0.149. The Labute approximate surface area is 289 Å². The van der Waals surface area contributed by atoms with Crippen molar-refractivity contribution in [3.05, 3.63) is 64.1 Å². The van der Waals surface area contributed by atoms with Crippen LogP contribution in [-0.4, -0.2) is 62.2 Å². The molecule has 4 heterocycles. The summed E-state index contributed by atoms with van der Waals surface area (Å²) < 4.78 is 55.1. The van der Waals surface area contributed by atoms with E-state index >= 15 is 0 Å². The molecule has 3 N–H and O–H groups in total. The fourth-order valence-electron chi connectivity index (χ4n) is 6.57. The van der Waals surface area contributed by atoms with E-state index in [9.17, 15) is 22.8 Å². The minimum Gasteiger partial charge on any atom is -0.495 e. The Morgan fingerprint density at radius 1 is 0.880 bits per heavy atom. The predicted octanol–water partition coefficient (Wildman–Crippen LogP) is 6.68. The van der Waals surface area contributed by atoms with Crippen LogP contribution in [0.15, 0.2) is 30.9 Å². The van der Waals surface area contributed by atoms with Crippen molar-refractivity contribution in [2.45, 2.75) is 58.5 Å². The lowest BCUT2D eigenvalue weighted by Crippen LogP contribution is -2.24. The van der Waals surface area contributed by atoms with Crippen LogP contribution in [0, 0.1) is 11.8 Å². The van der Waals surface area contributed by atoms with Crippen LogP contribution in [-0.2, 0) is 50.9 Å². The molecule has 2 aliphatic carbocycles. The Hall–Kier alpha value is -4.92. The maximum absolute atomic E-state index is 13.2. The highest BCUT2D eigenvalue weighted by molar-refractivity contribution is 6.34. The maximum atomic E-state index is 13.2. The molecule has 264 valence electrons. The van der Waals surface area contributed by atoms with Crippen molar-refractivity contribution in [1.82, 2.24) is 29.9 Å². The number of carbonyl (C=O) groups is 2. The lowest BCUT2D eigenvalue weighted by Gasteiger charge is -2.21. The summed E-state index contributed by atoms with van der Waals surface area (Å²) in [5.74, 6) is -0.188. The smallest absolute Gasteiger partial charge is 0.416 e. The van der Waals surface area contributed by atoms with Crippen LogP contribution >= 0.6 is 11.6 Å². The van der Waals surface area contributed by atoms with Gasteiger partial charge < -0.3 is 29.5 Å². The summed E-state index contributed by atoms with van der Waals surface area (Å²) in [6.45, 7) is 4.31. The van der Waals surface area contributed by atoms with Crippen LogP contribution in [0.5, 0.6) is 5.75 Å². The Morgan fingerprint density at radius 2 is 1.44 bits per heavy atom. The van der Waals surface area contributed by atoms with Crippen LogP contribution < -0.4 is 10.1 Å². The van der Waals surface area contributed by atoms with Gasteiger partial charge in [-0.3, -0.25) is 9.59 Å². The first-order chi connectivity index (χ1) is 24.0. The number of hydrogen-bond donors (Lipinski definition) is 3. The topological polar surface area (TPSA) is 157 Å². The second kappa shape index (κ2) is 14.5. The summed E-state index contributed by atoms with van der Waals surface area (Å²) in [5, 5.41) is 4.89. The number of carbonyl (C=O) groups excluding carboxylic acids is 2. The third-order valence-electron chi connectivity index (χ3n) is 8.93. The van der Waals surface area contributed by atoms with Crippen molar-refractivity contribution in [2.24, 2.45) is 11.8 Å². The third-order valence-corrected chi connectivity index (χ3v) is 9.21. The molecular weight excluding hydrogens is 679 g/mol. The average molecular weight is 714 g/mol. The first-order valence-corrected chi connectivity index (χ1v) is 16.6. The van der Waals surface area contributed by atoms with Gasteiger partial charge in [0.15, 0.2) is 0 Å². The summed E-state index contributed by atoms with van der Waals surface area (Å²) in [7, 11) is 1.38. The number of hydrogen-bond acceptors (Lipinski definition) is 10. The molecule has 2 aliphatic rings. The number of rotatable bonds is 7. The monoisotopic (exact) mass is 713 g/mol. The van der Waals surface area contributed by atoms with Crippen LogP contribution in [0.4, 0.5) is 24.7 Å². The molecule has 0 amide bonds. The number of methoxy groups -OCH3 is 1. The molecule has 0 fully saturated rings. The number of nitrogens with zero attached hydrogens (tertiary/aromatic N) is 4. The van der Waals surface area contributed by atoms with Gasteiger partial charge in [-0.15, -0.1) is 0 Å². The number of anilines is 2. The number of H-pyrrole nitrogens is 2. The van der Waals surface area contributed by atoms with Gasteiger partial charge >= 0.3 is 18.1 Å². The highest BCUT2D eigenvalue weighted by atomic mass is 35.5. The zero-order valence-electron chi connectivity index (χ0n) is 27.5. The molecule has 16 heteroatoms. The first-order valence-electron chi connectivity index (χ1n) is 16.2. The standard InChI is InChI=1S/C21H21F3N4O3.C13H14ClN3O2/c1-3-31-20(29)11-4-6-14-13(8-11)17-18(27-14)25-10-26-19(17)28-15-9-12(21(22,23)24)5-7-16(15)30-2;1-2-19-13(18)7-3-4-9-8(5-7)10-11(14)15-6-16-12(10)17-9/h5,7,9-11H,3-4,6,8H2,1-2H3,(H2,25,26,27,28);6-7H,2-5H2,1H3,(H,15,16,17). The summed E-state index contributed by atoms with van der Waals surface area (Å²) >= 11 is 6.14. The quantitative estimate of drug-likeness (QED) is 0.123. The van der Waals surface area contributed by atoms with Crippen molar-refractivity contribution in [3.8, 4) is 5.75 Å². The number of aromatic nitrogens is 6. The molecular formula is C34H35ClF3N7O5. The highest BCUT2D eigenvalue weighted by Gasteiger charge is 2.33. The maximum Gasteiger partial charge on any atom is 0.416 e. The SMILES string of the molecule is CCOC(=O)C1CCc2[nH]c3ncnc(Cl)c3c2C1.CCOC(=O)C1CCc2[nH]c3ncnc(Nc4cc(C(F)(F)F)ccc4OC)c3c2C1. The molecule has 12 nitrogen and oxygen atoms in total. The summed E-state index contributed by atoms with van der Waals surface area (Å²) in [4.78, 5) is 47.3. The fourth-order valence-corrected chi connectivity index (χ4v) is 6.82. The second-order valence-corrected chi connectivity index (χ2v) is 12.3. The molecule has 50 heavy (non-hydrogen) atoms. The third kappa shape index (κ3) is 7.04. The van der Waals surface area contributed by atoms with Crippen molar-refractivity contribution in [1.29, 1.82) is 0 Å². The molecule has 4 aromatic heterocycles. The number of halogens is 4. The predicted molar refractivity (Wildman–Crippen MR) is 178 cm³/mol. The molecule has 0 bridgehead atoms. The van der Waals surface area contributed by atoms with Gasteiger partial charge in [0.1, 0.15) is 40.7 Å². The van der Waals surface area contributed by atoms with E-state index < -0.39 is 11.7 Å². The number of benzene rings is 1. The van der Waals surface area contributed by atoms with Crippen LogP contribution in [0.25, 0.3) is 22.1 Å². The van der Waals surface area contributed by atoms with E-state index in [0.29, 0.717) is 60.9 Å². The summed E-state index contributed by atoms with van der Waals surface area (Å²) in [6, 6.07) is 3.20. The zero-order valence-corrected chi connectivity index (χ0v) is 28.3. The fraction of sp³-hybridized carbons (Fsp3) is 0.412. The molecule has 2 unspecified atom stereocenters. The molecule has 0 saturated heterocycles. The first kappa shape index (κ1) is 34.9. The second-order valence-electron chi connectivity index (χ2n) is 11.9. The van der Waals surface area contributed by atoms with Crippen molar-refractivity contribution < 1.29 is 37.0 Å². The van der Waals surface area contributed by atoms with E-state index in [1.54, 1.807) is 6.92 Å². The van der Waals surface area contributed by atoms with Crippen molar-refractivity contribution in [3.63, 3.8) is 0 Å². The van der Waals surface area contributed by atoms with Gasteiger partial charge in [-0.1, -0.05) is 11.6 Å².